The molecule has 0 aromatic heterocycles. The number of carbonyl (C=O) groups is 1. The van der Waals surface area contributed by atoms with Gasteiger partial charge in [-0.15, -0.1) is 0 Å². The monoisotopic (exact) mass is 224 g/mol. The Bertz CT molecular complexity index is 281. The second-order valence-corrected chi connectivity index (χ2v) is 4.26. The van der Waals surface area contributed by atoms with Crippen molar-refractivity contribution in [3.8, 4) is 0 Å². The molecule has 0 saturated heterocycles. The average Bonchev–Trinajstić information content (AvgIpc) is 2.22. The van der Waals surface area contributed by atoms with Crippen molar-refractivity contribution in [1.82, 2.24) is 0 Å². The summed E-state index contributed by atoms with van der Waals surface area (Å²) in [4.78, 5) is 10.6. The highest BCUT2D eigenvalue weighted by Crippen LogP contribution is 2.28. The van der Waals surface area contributed by atoms with Crippen LogP contribution in [0, 0.1) is 11.8 Å². The summed E-state index contributed by atoms with van der Waals surface area (Å²) in [5.74, 6) is 0.280. The van der Waals surface area contributed by atoms with Gasteiger partial charge in [0.25, 0.3) is 0 Å². The zero-order valence-electron chi connectivity index (χ0n) is 9.93. The van der Waals surface area contributed by atoms with Gasteiger partial charge in [0.05, 0.1) is 12.4 Å². The molecule has 0 amide bonds. The van der Waals surface area contributed by atoms with E-state index in [0.29, 0.717) is 5.92 Å². The summed E-state index contributed by atoms with van der Waals surface area (Å²) in [7, 11) is 0. The highest BCUT2D eigenvalue weighted by molar-refractivity contribution is 5.66. The molecule has 1 rings (SSSR count). The highest BCUT2D eigenvalue weighted by Gasteiger charge is 2.22. The Kier molecular flexibility index (Phi) is 5.26. The highest BCUT2D eigenvalue weighted by atomic mass is 16.5. The van der Waals surface area contributed by atoms with Crippen LogP contribution in [0.3, 0.4) is 0 Å². The van der Waals surface area contributed by atoms with Gasteiger partial charge in [-0.3, -0.25) is 4.79 Å². The number of hydrogen-bond donors (Lipinski definition) is 1. The maximum Gasteiger partial charge on any atom is 0.307 e. The minimum absolute atomic E-state index is 0.263. The van der Waals surface area contributed by atoms with Crippen molar-refractivity contribution < 1.29 is 14.6 Å². The van der Waals surface area contributed by atoms with Crippen LogP contribution < -0.4 is 0 Å². The molecule has 3 unspecified atom stereocenters. The lowest BCUT2D eigenvalue weighted by Gasteiger charge is -2.26. The minimum Gasteiger partial charge on any atom is -0.435 e. The molecule has 0 bridgehead atoms. The Morgan fingerprint density at radius 2 is 2.31 bits per heavy atom. The van der Waals surface area contributed by atoms with Crippen molar-refractivity contribution >= 4 is 5.97 Å². The summed E-state index contributed by atoms with van der Waals surface area (Å²) in [6, 6.07) is 0. The molecule has 0 fully saturated rings. The van der Waals surface area contributed by atoms with E-state index in [0.717, 1.165) is 19.3 Å². The number of aliphatic hydroxyl groups is 1. The predicted octanol–water partition coefficient (Wildman–Crippen LogP) is 2.42. The van der Waals surface area contributed by atoms with Crippen LogP contribution in [0.25, 0.3) is 0 Å². The Hall–Kier alpha value is -1.09. The first-order valence-electron chi connectivity index (χ1n) is 5.83. The molecule has 3 heteroatoms. The largest absolute Gasteiger partial charge is 0.435 e. The third-order valence-corrected chi connectivity index (χ3v) is 2.83. The van der Waals surface area contributed by atoms with Gasteiger partial charge >= 0.3 is 5.97 Å². The quantitative estimate of drug-likeness (QED) is 0.453. The average molecular weight is 224 g/mol. The van der Waals surface area contributed by atoms with Gasteiger partial charge in [0, 0.05) is 6.92 Å². The van der Waals surface area contributed by atoms with E-state index in [4.69, 9.17) is 4.74 Å². The van der Waals surface area contributed by atoms with Crippen molar-refractivity contribution in [3.05, 3.63) is 24.5 Å². The molecule has 0 spiro atoms. The molecule has 3 atom stereocenters. The van der Waals surface area contributed by atoms with E-state index in [1.807, 2.05) is 18.2 Å². The van der Waals surface area contributed by atoms with Gasteiger partial charge in [-0.05, 0) is 30.8 Å². The van der Waals surface area contributed by atoms with Gasteiger partial charge in [0.15, 0.2) is 0 Å². The van der Waals surface area contributed by atoms with E-state index in [-0.39, 0.29) is 18.0 Å². The molecule has 90 valence electrons. The number of carbonyl (C=O) groups excluding carboxylic acids is 1. The smallest absolute Gasteiger partial charge is 0.307 e. The first kappa shape index (κ1) is 13.0. The number of allylic oxidation sites excluding steroid dienone is 2. The topological polar surface area (TPSA) is 46.5 Å². The van der Waals surface area contributed by atoms with E-state index < -0.39 is 0 Å². The fourth-order valence-corrected chi connectivity index (χ4v) is 2.02. The number of aliphatic hydroxyl groups excluding tert-OH is 1. The van der Waals surface area contributed by atoms with E-state index in [9.17, 15) is 9.90 Å². The third kappa shape index (κ3) is 4.19. The molecule has 1 N–H and O–H groups in total. The molecule has 1 aliphatic rings. The van der Waals surface area contributed by atoms with Crippen molar-refractivity contribution in [2.45, 2.75) is 39.2 Å². The van der Waals surface area contributed by atoms with E-state index >= 15 is 0 Å². The molecule has 0 aromatic rings. The van der Waals surface area contributed by atoms with Gasteiger partial charge in [-0.2, -0.15) is 0 Å². The number of esters is 1. The van der Waals surface area contributed by atoms with Gasteiger partial charge in [-0.1, -0.05) is 25.5 Å². The molecule has 0 aliphatic heterocycles. The standard InChI is InChI=1S/C13H20O3/c1-3-4-12-9-11(5-6-13(12)15)7-8-16-10(2)14/h5-8,11-13,15H,3-4,9H2,1-2H3. The predicted molar refractivity (Wildman–Crippen MR) is 62.6 cm³/mol. The van der Waals surface area contributed by atoms with Crippen LogP contribution in [-0.2, 0) is 9.53 Å². The van der Waals surface area contributed by atoms with Crippen molar-refractivity contribution in [1.29, 1.82) is 0 Å². The first-order chi connectivity index (χ1) is 7.63. The zero-order chi connectivity index (χ0) is 12.0. The van der Waals surface area contributed by atoms with Crippen molar-refractivity contribution in [2.75, 3.05) is 0 Å². The lowest BCUT2D eigenvalue weighted by molar-refractivity contribution is -0.135. The van der Waals surface area contributed by atoms with Crippen LogP contribution in [0.5, 0.6) is 0 Å². The molecular formula is C13H20O3. The number of ether oxygens (including phenoxy) is 1. The molecule has 0 heterocycles. The Morgan fingerprint density at radius 1 is 1.56 bits per heavy atom. The normalized spacial score (nSPS) is 29.6. The molecule has 3 nitrogen and oxygen atoms in total. The Labute approximate surface area is 96.8 Å². The summed E-state index contributed by atoms with van der Waals surface area (Å²) in [6.45, 7) is 3.50. The summed E-state index contributed by atoms with van der Waals surface area (Å²) >= 11 is 0. The summed E-state index contributed by atoms with van der Waals surface area (Å²) in [6.07, 6.45) is 9.83. The van der Waals surface area contributed by atoms with Crippen LogP contribution >= 0.6 is 0 Å². The van der Waals surface area contributed by atoms with E-state index in [2.05, 4.69) is 6.92 Å². The maximum atomic E-state index is 10.6. The lowest BCUT2D eigenvalue weighted by Crippen LogP contribution is -2.24. The molecule has 0 aromatic carbocycles. The van der Waals surface area contributed by atoms with Gasteiger partial charge in [0.1, 0.15) is 0 Å². The van der Waals surface area contributed by atoms with Crippen LogP contribution in [0.15, 0.2) is 24.5 Å². The van der Waals surface area contributed by atoms with Crippen molar-refractivity contribution in [3.63, 3.8) is 0 Å². The molecule has 16 heavy (non-hydrogen) atoms. The minimum atomic E-state index is -0.321. The van der Waals surface area contributed by atoms with Gasteiger partial charge in [0.2, 0.25) is 0 Å². The fraction of sp³-hybridized carbons (Fsp3) is 0.615. The first-order valence-corrected chi connectivity index (χ1v) is 5.83. The summed E-state index contributed by atoms with van der Waals surface area (Å²) < 4.78 is 4.75. The Balaban J connectivity index is 2.47. The Morgan fingerprint density at radius 3 is 2.94 bits per heavy atom. The fourth-order valence-electron chi connectivity index (χ4n) is 2.02. The lowest BCUT2D eigenvalue weighted by atomic mass is 9.82. The van der Waals surface area contributed by atoms with Gasteiger partial charge < -0.3 is 9.84 Å². The van der Waals surface area contributed by atoms with E-state index in [1.165, 1.54) is 13.2 Å². The van der Waals surface area contributed by atoms with Crippen LogP contribution in [0.2, 0.25) is 0 Å². The van der Waals surface area contributed by atoms with Crippen LogP contribution in [0.4, 0.5) is 0 Å². The zero-order valence-corrected chi connectivity index (χ0v) is 9.93. The number of rotatable bonds is 4. The molecule has 0 radical (unpaired) electrons. The third-order valence-electron chi connectivity index (χ3n) is 2.83. The molecule has 0 saturated carbocycles. The SMILES string of the molecule is CCCC1CC(C=COC(C)=O)C=CC1O. The van der Waals surface area contributed by atoms with E-state index in [1.54, 1.807) is 0 Å². The van der Waals surface area contributed by atoms with Gasteiger partial charge in [-0.25, -0.2) is 0 Å². The van der Waals surface area contributed by atoms with Crippen LogP contribution in [0.1, 0.15) is 33.1 Å². The molecular weight excluding hydrogens is 204 g/mol. The summed E-state index contributed by atoms with van der Waals surface area (Å²) in [5, 5.41) is 9.74. The second kappa shape index (κ2) is 6.48. The summed E-state index contributed by atoms with van der Waals surface area (Å²) in [5.41, 5.74) is 0. The van der Waals surface area contributed by atoms with Crippen molar-refractivity contribution in [2.24, 2.45) is 11.8 Å². The second-order valence-electron chi connectivity index (χ2n) is 4.26. The van der Waals surface area contributed by atoms with Crippen LogP contribution in [-0.4, -0.2) is 17.2 Å². The number of hydrogen-bond acceptors (Lipinski definition) is 3. The maximum absolute atomic E-state index is 10.6. The molecule has 1 aliphatic carbocycles.